The molecule has 2 aromatic carbocycles. The molecule has 0 aliphatic rings. The number of hydrogen-bond acceptors (Lipinski definition) is 5. The molecule has 1 unspecified atom stereocenters. The summed E-state index contributed by atoms with van der Waals surface area (Å²) in [4.78, 5) is 27.9. The summed E-state index contributed by atoms with van der Waals surface area (Å²) in [6.07, 6.45) is 0.295. The van der Waals surface area contributed by atoms with Crippen LogP contribution in [-0.4, -0.2) is 31.9 Å². The molecule has 8 nitrogen and oxygen atoms in total. The fraction of sp³-hybridized carbons (Fsp3) is 0.400. The number of aliphatic hydroxyl groups is 1. The SMILES string of the molecule is C.CCC[C@@H](C)Oc1cc(-n2nc(C(C)O)[nH]c2=O)c(F)cc1C(=O)Nc1c(C)cccc1C. The number of amides is 1. The fourth-order valence-electron chi connectivity index (χ4n) is 3.55. The van der Waals surface area contributed by atoms with Gasteiger partial charge in [-0.05, 0) is 51.3 Å². The average molecular weight is 473 g/mol. The van der Waals surface area contributed by atoms with Gasteiger partial charge in [0.25, 0.3) is 5.91 Å². The largest absolute Gasteiger partial charge is 0.490 e. The average Bonchev–Trinajstić information content (AvgIpc) is 3.13. The van der Waals surface area contributed by atoms with Gasteiger partial charge >= 0.3 is 5.69 Å². The molecule has 34 heavy (non-hydrogen) atoms. The van der Waals surface area contributed by atoms with E-state index in [4.69, 9.17) is 4.74 Å². The third kappa shape index (κ3) is 5.72. The number of aryl methyl sites for hydroxylation is 2. The maximum Gasteiger partial charge on any atom is 0.348 e. The third-order valence-corrected chi connectivity index (χ3v) is 5.30. The minimum absolute atomic E-state index is 0. The van der Waals surface area contributed by atoms with Crippen LogP contribution in [0.15, 0.2) is 35.1 Å². The second-order valence-corrected chi connectivity index (χ2v) is 8.14. The third-order valence-electron chi connectivity index (χ3n) is 5.30. The highest BCUT2D eigenvalue weighted by atomic mass is 19.1. The lowest BCUT2D eigenvalue weighted by molar-refractivity contribution is 0.101. The lowest BCUT2D eigenvalue weighted by atomic mass is 10.1. The Bertz CT molecular complexity index is 1200. The van der Waals surface area contributed by atoms with E-state index in [1.807, 2.05) is 45.9 Å². The zero-order valence-corrected chi connectivity index (χ0v) is 19.4. The molecule has 0 aliphatic heterocycles. The first-order chi connectivity index (χ1) is 15.6. The Morgan fingerprint density at radius 3 is 2.47 bits per heavy atom. The smallest absolute Gasteiger partial charge is 0.348 e. The highest BCUT2D eigenvalue weighted by Crippen LogP contribution is 2.29. The Balaban J connectivity index is 0.00000408. The van der Waals surface area contributed by atoms with Gasteiger partial charge in [-0.2, -0.15) is 4.68 Å². The molecule has 3 aromatic rings. The standard InChI is InChI=1S/C24H29FN4O4.CH4/c1-6-8-15(4)33-20-12-19(29-24(32)27-22(28-29)16(5)30)18(25)11-17(20)23(31)26-21-13(2)9-7-10-14(21)3;/h7,9-12,15-16,30H,6,8H2,1-5H3,(H,26,31)(H,27,28,32);1H4/t15-,16?;/m1./s1. The second-order valence-electron chi connectivity index (χ2n) is 8.14. The molecule has 2 atom stereocenters. The predicted octanol–water partition coefficient (Wildman–Crippen LogP) is 4.83. The van der Waals surface area contributed by atoms with Gasteiger partial charge in [-0.3, -0.25) is 9.78 Å². The van der Waals surface area contributed by atoms with Gasteiger partial charge < -0.3 is 15.2 Å². The van der Waals surface area contributed by atoms with E-state index in [2.05, 4.69) is 15.4 Å². The number of benzene rings is 2. The van der Waals surface area contributed by atoms with Gasteiger partial charge in [0, 0.05) is 11.8 Å². The van der Waals surface area contributed by atoms with Crippen LogP contribution < -0.4 is 15.7 Å². The van der Waals surface area contributed by atoms with Crippen molar-refractivity contribution in [1.82, 2.24) is 14.8 Å². The number of aromatic nitrogens is 3. The summed E-state index contributed by atoms with van der Waals surface area (Å²) in [5.74, 6) is -1.24. The van der Waals surface area contributed by atoms with E-state index >= 15 is 4.39 Å². The number of anilines is 1. The molecular formula is C25H33FN4O4. The zero-order valence-electron chi connectivity index (χ0n) is 19.4. The number of nitrogens with zero attached hydrogens (tertiary/aromatic N) is 2. The quantitative estimate of drug-likeness (QED) is 0.435. The van der Waals surface area contributed by atoms with E-state index in [9.17, 15) is 14.7 Å². The van der Waals surface area contributed by atoms with Crippen LogP contribution in [0.25, 0.3) is 5.69 Å². The van der Waals surface area contributed by atoms with Gasteiger partial charge in [-0.1, -0.05) is 39.0 Å². The van der Waals surface area contributed by atoms with E-state index in [1.54, 1.807) is 0 Å². The van der Waals surface area contributed by atoms with E-state index < -0.39 is 23.5 Å². The van der Waals surface area contributed by atoms with Crippen LogP contribution in [-0.2, 0) is 0 Å². The van der Waals surface area contributed by atoms with Crippen molar-refractivity contribution < 1.29 is 19.0 Å². The number of aliphatic hydroxyl groups excluding tert-OH is 1. The minimum Gasteiger partial charge on any atom is -0.490 e. The van der Waals surface area contributed by atoms with Crippen molar-refractivity contribution in [1.29, 1.82) is 0 Å². The number of nitrogens with one attached hydrogen (secondary N) is 2. The number of carbonyl (C=O) groups is 1. The van der Waals surface area contributed by atoms with Crippen molar-refractivity contribution in [2.24, 2.45) is 0 Å². The van der Waals surface area contributed by atoms with Gasteiger partial charge in [-0.25, -0.2) is 9.18 Å². The van der Waals surface area contributed by atoms with Crippen LogP contribution in [0.2, 0.25) is 0 Å². The summed E-state index contributed by atoms with van der Waals surface area (Å²) in [5.41, 5.74) is 1.48. The molecule has 9 heteroatoms. The number of carbonyl (C=O) groups excluding carboxylic acids is 1. The van der Waals surface area contributed by atoms with Gasteiger partial charge in [0.15, 0.2) is 5.82 Å². The second kappa shape index (κ2) is 11.1. The molecule has 0 fully saturated rings. The molecular weight excluding hydrogens is 439 g/mol. The minimum atomic E-state index is -1.04. The summed E-state index contributed by atoms with van der Waals surface area (Å²) in [7, 11) is 0. The normalized spacial score (nSPS) is 12.6. The van der Waals surface area contributed by atoms with E-state index in [-0.39, 0.29) is 36.4 Å². The Labute approximate surface area is 198 Å². The molecule has 1 heterocycles. The van der Waals surface area contributed by atoms with Gasteiger partial charge in [0.1, 0.15) is 23.4 Å². The summed E-state index contributed by atoms with van der Waals surface area (Å²) in [5, 5.41) is 16.5. The molecule has 1 amide bonds. The number of ether oxygens (including phenoxy) is 1. The molecule has 0 radical (unpaired) electrons. The molecule has 184 valence electrons. The lowest BCUT2D eigenvalue weighted by Crippen LogP contribution is -2.21. The van der Waals surface area contributed by atoms with Crippen molar-refractivity contribution in [2.75, 3.05) is 5.32 Å². The summed E-state index contributed by atoms with van der Waals surface area (Å²) >= 11 is 0. The monoisotopic (exact) mass is 472 g/mol. The number of para-hydroxylation sites is 1. The topological polar surface area (TPSA) is 109 Å². The van der Waals surface area contributed by atoms with Crippen molar-refractivity contribution in [3.63, 3.8) is 0 Å². The highest BCUT2D eigenvalue weighted by Gasteiger charge is 2.23. The summed E-state index contributed by atoms with van der Waals surface area (Å²) < 4.78 is 21.9. The Morgan fingerprint density at radius 1 is 1.26 bits per heavy atom. The van der Waals surface area contributed by atoms with Crippen LogP contribution in [0, 0.1) is 19.7 Å². The maximum atomic E-state index is 15.1. The number of hydrogen-bond donors (Lipinski definition) is 3. The number of aromatic amines is 1. The fourth-order valence-corrected chi connectivity index (χ4v) is 3.55. The molecule has 3 rings (SSSR count). The first kappa shape index (κ1) is 26.8. The maximum absolute atomic E-state index is 15.1. The highest BCUT2D eigenvalue weighted by molar-refractivity contribution is 6.07. The first-order valence-electron chi connectivity index (χ1n) is 10.9. The van der Waals surface area contributed by atoms with E-state index in [0.29, 0.717) is 5.69 Å². The Morgan fingerprint density at radius 2 is 1.91 bits per heavy atom. The molecule has 0 spiro atoms. The lowest BCUT2D eigenvalue weighted by Gasteiger charge is -2.19. The predicted molar refractivity (Wildman–Crippen MR) is 130 cm³/mol. The first-order valence-corrected chi connectivity index (χ1v) is 10.9. The van der Waals surface area contributed by atoms with E-state index in [0.717, 1.165) is 34.7 Å². The van der Waals surface area contributed by atoms with Crippen LogP contribution in [0.5, 0.6) is 5.75 Å². The zero-order chi connectivity index (χ0) is 24.3. The Kier molecular flexibility index (Phi) is 8.75. The van der Waals surface area contributed by atoms with Crippen molar-refractivity contribution in [2.45, 2.75) is 67.1 Å². The van der Waals surface area contributed by atoms with Crippen LogP contribution in [0.1, 0.15) is 74.5 Å². The van der Waals surface area contributed by atoms with Crippen LogP contribution >= 0.6 is 0 Å². The van der Waals surface area contributed by atoms with Crippen LogP contribution in [0.4, 0.5) is 10.1 Å². The van der Waals surface area contributed by atoms with Crippen LogP contribution in [0.3, 0.4) is 0 Å². The number of rotatable bonds is 8. The number of H-pyrrole nitrogens is 1. The Hall–Kier alpha value is -3.46. The summed E-state index contributed by atoms with van der Waals surface area (Å²) in [6, 6.07) is 7.96. The van der Waals surface area contributed by atoms with Gasteiger partial charge in [-0.15, -0.1) is 5.10 Å². The van der Waals surface area contributed by atoms with Gasteiger partial charge in [0.2, 0.25) is 0 Å². The number of halogens is 1. The molecule has 3 N–H and O–H groups in total. The molecule has 0 saturated heterocycles. The molecule has 0 bridgehead atoms. The molecule has 0 saturated carbocycles. The van der Waals surface area contributed by atoms with Crippen molar-refractivity contribution in [3.8, 4) is 11.4 Å². The van der Waals surface area contributed by atoms with Crippen molar-refractivity contribution in [3.05, 3.63) is 69.1 Å². The van der Waals surface area contributed by atoms with Crippen molar-refractivity contribution >= 4 is 11.6 Å². The molecule has 1 aromatic heterocycles. The summed E-state index contributed by atoms with van der Waals surface area (Å²) in [6.45, 7) is 9.03. The van der Waals surface area contributed by atoms with E-state index in [1.165, 1.54) is 13.0 Å². The molecule has 0 aliphatic carbocycles. The van der Waals surface area contributed by atoms with Gasteiger partial charge in [0.05, 0.1) is 11.7 Å².